The van der Waals surface area contributed by atoms with E-state index in [1.54, 1.807) is 29.9 Å². The van der Waals surface area contributed by atoms with Gasteiger partial charge in [-0.15, -0.1) is 11.3 Å². The number of anilines is 1. The van der Waals surface area contributed by atoms with Crippen LogP contribution in [0.2, 0.25) is 0 Å². The van der Waals surface area contributed by atoms with E-state index in [0.717, 1.165) is 6.42 Å². The van der Waals surface area contributed by atoms with E-state index in [1.165, 1.54) is 30.2 Å². The largest absolute Gasteiger partial charge is 0.497 e. The first-order valence-corrected chi connectivity index (χ1v) is 10.6. The number of rotatable bonds is 8. The van der Waals surface area contributed by atoms with Crippen LogP contribution in [-0.2, 0) is 11.3 Å². The maximum atomic E-state index is 12.7. The third-order valence-electron chi connectivity index (χ3n) is 3.99. The fourth-order valence-electron chi connectivity index (χ4n) is 2.67. The molecule has 1 amide bonds. The van der Waals surface area contributed by atoms with Crippen LogP contribution in [0.5, 0.6) is 11.5 Å². The molecule has 1 aromatic carbocycles. The third kappa shape index (κ3) is 4.31. The molecule has 148 valence electrons. The Morgan fingerprint density at radius 3 is 2.82 bits per heavy atom. The summed E-state index contributed by atoms with van der Waals surface area (Å²) in [7, 11) is 3.10. The van der Waals surface area contributed by atoms with E-state index in [0.29, 0.717) is 39.1 Å². The number of thioether (sulfide) groups is 1. The number of thiophene rings is 1. The van der Waals surface area contributed by atoms with E-state index in [2.05, 4.69) is 10.3 Å². The number of carbonyl (C=O) groups is 1. The highest BCUT2D eigenvalue weighted by atomic mass is 32.2. The highest BCUT2D eigenvalue weighted by Gasteiger charge is 2.15. The van der Waals surface area contributed by atoms with Crippen molar-refractivity contribution in [1.29, 1.82) is 0 Å². The van der Waals surface area contributed by atoms with Gasteiger partial charge < -0.3 is 14.8 Å². The smallest absolute Gasteiger partial charge is 0.272 e. The Morgan fingerprint density at radius 2 is 2.11 bits per heavy atom. The number of aromatic nitrogens is 2. The number of nitrogens with one attached hydrogen (secondary N) is 1. The second-order valence-corrected chi connectivity index (χ2v) is 7.75. The zero-order valence-corrected chi connectivity index (χ0v) is 17.5. The molecule has 0 aliphatic rings. The van der Waals surface area contributed by atoms with E-state index >= 15 is 0 Å². The second kappa shape index (κ2) is 9.11. The molecule has 0 bridgehead atoms. The molecule has 0 radical (unpaired) electrons. The second-order valence-electron chi connectivity index (χ2n) is 5.89. The fourth-order valence-corrected chi connectivity index (χ4v) is 4.28. The number of ether oxygens (including phenoxy) is 2. The summed E-state index contributed by atoms with van der Waals surface area (Å²) in [4.78, 5) is 29.7. The van der Waals surface area contributed by atoms with Gasteiger partial charge in [-0.3, -0.25) is 14.2 Å². The number of methoxy groups -OCH3 is 2. The number of benzene rings is 1. The first-order chi connectivity index (χ1) is 13.6. The minimum absolute atomic E-state index is 0.0541. The molecule has 0 fully saturated rings. The van der Waals surface area contributed by atoms with Crippen molar-refractivity contribution >= 4 is 44.9 Å². The summed E-state index contributed by atoms with van der Waals surface area (Å²) in [6.07, 6.45) is 0.807. The predicted octanol–water partition coefficient (Wildman–Crippen LogP) is 3.62. The summed E-state index contributed by atoms with van der Waals surface area (Å²) in [6, 6.07) is 7.00. The molecule has 0 spiro atoms. The van der Waals surface area contributed by atoms with Crippen LogP contribution in [-0.4, -0.2) is 35.4 Å². The van der Waals surface area contributed by atoms with Gasteiger partial charge in [0.15, 0.2) is 5.16 Å². The lowest BCUT2D eigenvalue weighted by atomic mass is 10.2. The Kier molecular flexibility index (Phi) is 6.58. The van der Waals surface area contributed by atoms with Crippen LogP contribution >= 0.6 is 23.1 Å². The van der Waals surface area contributed by atoms with Gasteiger partial charge in [-0.1, -0.05) is 18.7 Å². The van der Waals surface area contributed by atoms with Crippen LogP contribution < -0.4 is 20.3 Å². The van der Waals surface area contributed by atoms with E-state index in [1.807, 2.05) is 18.4 Å². The van der Waals surface area contributed by atoms with Gasteiger partial charge in [-0.25, -0.2) is 4.98 Å². The molecule has 0 saturated heterocycles. The molecule has 0 atom stereocenters. The summed E-state index contributed by atoms with van der Waals surface area (Å²) in [5.41, 5.74) is 1.17. The number of hydrogen-bond donors (Lipinski definition) is 1. The Morgan fingerprint density at radius 1 is 1.29 bits per heavy atom. The molecule has 0 aliphatic carbocycles. The Bertz CT molecular complexity index is 1050. The molecular formula is C19H21N3O4S2. The van der Waals surface area contributed by atoms with Crippen LogP contribution in [0.4, 0.5) is 5.69 Å². The van der Waals surface area contributed by atoms with E-state index < -0.39 is 0 Å². The minimum Gasteiger partial charge on any atom is -0.497 e. The summed E-state index contributed by atoms with van der Waals surface area (Å²) >= 11 is 2.63. The van der Waals surface area contributed by atoms with Crippen molar-refractivity contribution in [2.24, 2.45) is 0 Å². The summed E-state index contributed by atoms with van der Waals surface area (Å²) in [6.45, 7) is 2.57. The zero-order chi connectivity index (χ0) is 20.1. The van der Waals surface area contributed by atoms with Crippen LogP contribution in [0, 0.1) is 0 Å². The summed E-state index contributed by atoms with van der Waals surface area (Å²) < 4.78 is 12.7. The average molecular weight is 420 g/mol. The van der Waals surface area contributed by atoms with Crippen molar-refractivity contribution in [3.8, 4) is 11.5 Å². The quantitative estimate of drug-likeness (QED) is 0.444. The van der Waals surface area contributed by atoms with Gasteiger partial charge in [0.25, 0.3) is 5.56 Å². The SMILES string of the molecule is CCCn1c(SCC(=O)Nc2ccc(OC)cc2OC)nc2ccsc2c1=O. The highest BCUT2D eigenvalue weighted by Crippen LogP contribution is 2.29. The normalized spacial score (nSPS) is 10.8. The third-order valence-corrected chi connectivity index (χ3v) is 5.86. The van der Waals surface area contributed by atoms with Gasteiger partial charge in [-0.05, 0) is 30.0 Å². The van der Waals surface area contributed by atoms with Gasteiger partial charge >= 0.3 is 0 Å². The van der Waals surface area contributed by atoms with E-state index in [9.17, 15) is 9.59 Å². The Balaban J connectivity index is 1.76. The van der Waals surface area contributed by atoms with Crippen LogP contribution in [0.1, 0.15) is 13.3 Å². The molecule has 3 aromatic rings. The number of amides is 1. The van der Waals surface area contributed by atoms with Crippen LogP contribution in [0.3, 0.4) is 0 Å². The molecule has 7 nitrogen and oxygen atoms in total. The molecule has 0 unspecified atom stereocenters. The molecule has 0 saturated carbocycles. The molecule has 9 heteroatoms. The standard InChI is InChI=1S/C19H21N3O4S2/c1-4-8-22-18(24)17-14(7-9-27-17)21-19(22)28-11-16(23)20-13-6-5-12(25-2)10-15(13)26-3/h5-7,9-10H,4,8,11H2,1-3H3,(H,20,23). The van der Waals surface area contributed by atoms with Crippen molar-refractivity contribution in [3.63, 3.8) is 0 Å². The molecule has 3 rings (SSSR count). The van der Waals surface area contributed by atoms with Gasteiger partial charge in [0, 0.05) is 12.6 Å². The number of fused-ring (bicyclic) bond motifs is 1. The lowest BCUT2D eigenvalue weighted by Gasteiger charge is -2.13. The maximum absolute atomic E-state index is 12.7. The first-order valence-electron chi connectivity index (χ1n) is 8.70. The molecule has 1 N–H and O–H groups in total. The number of carbonyl (C=O) groups excluding carboxylic acids is 1. The topological polar surface area (TPSA) is 82.5 Å². The van der Waals surface area contributed by atoms with Crippen LogP contribution in [0.15, 0.2) is 39.6 Å². The van der Waals surface area contributed by atoms with Gasteiger partial charge in [-0.2, -0.15) is 0 Å². The lowest BCUT2D eigenvalue weighted by Crippen LogP contribution is -2.23. The Hall–Kier alpha value is -2.52. The molecule has 0 aliphatic heterocycles. The predicted molar refractivity (Wildman–Crippen MR) is 113 cm³/mol. The molecular weight excluding hydrogens is 398 g/mol. The number of nitrogens with zero attached hydrogens (tertiary/aromatic N) is 2. The molecule has 2 aromatic heterocycles. The summed E-state index contributed by atoms with van der Waals surface area (Å²) in [5, 5.41) is 5.23. The first kappa shape index (κ1) is 20.2. The van der Waals surface area contributed by atoms with Crippen molar-refractivity contribution in [1.82, 2.24) is 9.55 Å². The average Bonchev–Trinajstić information content (AvgIpc) is 3.18. The van der Waals surface area contributed by atoms with Crippen molar-refractivity contribution in [2.75, 3.05) is 25.3 Å². The summed E-state index contributed by atoms with van der Waals surface area (Å²) in [5.74, 6) is 1.07. The fraction of sp³-hybridized carbons (Fsp3) is 0.316. The maximum Gasteiger partial charge on any atom is 0.272 e. The molecule has 28 heavy (non-hydrogen) atoms. The zero-order valence-electron chi connectivity index (χ0n) is 15.9. The van der Waals surface area contributed by atoms with Crippen molar-refractivity contribution < 1.29 is 14.3 Å². The van der Waals surface area contributed by atoms with Gasteiger partial charge in [0.1, 0.15) is 16.2 Å². The van der Waals surface area contributed by atoms with Crippen molar-refractivity contribution in [2.45, 2.75) is 25.0 Å². The van der Waals surface area contributed by atoms with Gasteiger partial charge in [0.05, 0.1) is 31.2 Å². The minimum atomic E-state index is -0.212. The highest BCUT2D eigenvalue weighted by molar-refractivity contribution is 7.99. The number of hydrogen-bond acceptors (Lipinski definition) is 7. The lowest BCUT2D eigenvalue weighted by molar-refractivity contribution is -0.113. The monoisotopic (exact) mass is 419 g/mol. The Labute approximate surface area is 170 Å². The van der Waals surface area contributed by atoms with Gasteiger partial charge in [0.2, 0.25) is 5.91 Å². The van der Waals surface area contributed by atoms with Crippen LogP contribution in [0.25, 0.3) is 10.2 Å². The van der Waals surface area contributed by atoms with E-state index in [4.69, 9.17) is 9.47 Å². The van der Waals surface area contributed by atoms with E-state index in [-0.39, 0.29) is 17.2 Å². The van der Waals surface area contributed by atoms with Crippen molar-refractivity contribution in [3.05, 3.63) is 40.0 Å². The molecule has 2 heterocycles.